The van der Waals surface area contributed by atoms with E-state index in [4.69, 9.17) is 22.1 Å². The van der Waals surface area contributed by atoms with Gasteiger partial charge >= 0.3 is 5.97 Å². The molecule has 2 aromatic carbocycles. The number of hydrogen-bond acceptors (Lipinski definition) is 3. The van der Waals surface area contributed by atoms with Crippen LogP contribution in [0.25, 0.3) is 0 Å². The molecule has 0 fully saturated rings. The molecule has 2 rings (SSSR count). The third-order valence-corrected chi connectivity index (χ3v) is 3.20. The third kappa shape index (κ3) is 3.27. The first kappa shape index (κ1) is 14.3. The molecule has 0 bridgehead atoms. The molecule has 0 spiro atoms. The molecule has 3 nitrogen and oxygen atoms in total. The second kappa shape index (κ2) is 5.92. The molecule has 20 heavy (non-hydrogen) atoms. The summed E-state index contributed by atoms with van der Waals surface area (Å²) in [6, 6.07) is 8.87. The molecule has 0 atom stereocenters. The summed E-state index contributed by atoms with van der Waals surface area (Å²) in [6.45, 7) is 1.76. The van der Waals surface area contributed by atoms with Crippen molar-refractivity contribution in [2.75, 3.05) is 5.73 Å². The van der Waals surface area contributed by atoms with E-state index in [-0.39, 0.29) is 11.6 Å². The second-order valence-electron chi connectivity index (χ2n) is 4.39. The number of rotatable bonds is 3. The van der Waals surface area contributed by atoms with Gasteiger partial charge in [-0.15, -0.1) is 0 Å². The number of aryl methyl sites for hydroxylation is 1. The minimum atomic E-state index is -0.470. The van der Waals surface area contributed by atoms with Crippen LogP contribution in [0.2, 0.25) is 5.02 Å². The predicted octanol–water partition coefficient (Wildman–Crippen LogP) is 3.73. The van der Waals surface area contributed by atoms with Gasteiger partial charge in [0.1, 0.15) is 12.4 Å². The summed E-state index contributed by atoms with van der Waals surface area (Å²) in [5, 5.41) is 0.229. The molecule has 0 radical (unpaired) electrons. The van der Waals surface area contributed by atoms with E-state index in [0.717, 1.165) is 5.56 Å². The molecule has 104 valence electrons. The summed E-state index contributed by atoms with van der Waals surface area (Å²) in [5.74, 6) is -0.901. The van der Waals surface area contributed by atoms with Crippen molar-refractivity contribution in [3.05, 3.63) is 63.9 Å². The molecule has 0 heterocycles. The Balaban J connectivity index is 2.08. The minimum Gasteiger partial charge on any atom is -0.457 e. The summed E-state index contributed by atoms with van der Waals surface area (Å²) in [7, 11) is 0. The Morgan fingerprint density at radius 2 is 2.05 bits per heavy atom. The quantitative estimate of drug-likeness (QED) is 0.693. The van der Waals surface area contributed by atoms with Crippen LogP contribution in [-0.4, -0.2) is 5.97 Å². The van der Waals surface area contributed by atoms with E-state index >= 15 is 0 Å². The van der Waals surface area contributed by atoms with Crippen LogP contribution < -0.4 is 5.73 Å². The highest BCUT2D eigenvalue weighted by Crippen LogP contribution is 2.19. The van der Waals surface area contributed by atoms with Gasteiger partial charge in [-0.3, -0.25) is 0 Å². The first-order valence-electron chi connectivity index (χ1n) is 5.94. The van der Waals surface area contributed by atoms with Crippen molar-refractivity contribution < 1.29 is 13.9 Å². The van der Waals surface area contributed by atoms with E-state index in [1.807, 2.05) is 0 Å². The van der Waals surface area contributed by atoms with Gasteiger partial charge in [0.05, 0.1) is 10.6 Å². The Hall–Kier alpha value is -2.07. The van der Waals surface area contributed by atoms with E-state index < -0.39 is 11.8 Å². The standard InChI is InChI=1S/C15H13ClFNO2/c1-9-6-12(18)4-5-13(9)15(19)20-8-10-2-3-11(17)7-14(10)16/h2-7H,8,18H2,1H3. The van der Waals surface area contributed by atoms with Gasteiger partial charge in [-0.2, -0.15) is 0 Å². The number of anilines is 1. The van der Waals surface area contributed by atoms with Gasteiger partial charge in [0.25, 0.3) is 0 Å². The highest BCUT2D eigenvalue weighted by molar-refractivity contribution is 6.31. The van der Waals surface area contributed by atoms with Crippen LogP contribution in [0.5, 0.6) is 0 Å². The van der Waals surface area contributed by atoms with Gasteiger partial charge in [-0.1, -0.05) is 17.7 Å². The maximum absolute atomic E-state index is 12.9. The Morgan fingerprint density at radius 1 is 1.30 bits per heavy atom. The first-order valence-corrected chi connectivity index (χ1v) is 6.32. The van der Waals surface area contributed by atoms with Crippen LogP contribution in [0.4, 0.5) is 10.1 Å². The smallest absolute Gasteiger partial charge is 0.338 e. The molecule has 0 unspecified atom stereocenters. The lowest BCUT2D eigenvalue weighted by atomic mass is 10.1. The molecule has 2 N–H and O–H groups in total. The molecule has 0 aromatic heterocycles. The molecule has 5 heteroatoms. The van der Waals surface area contributed by atoms with Crippen molar-refractivity contribution in [2.45, 2.75) is 13.5 Å². The molecular weight excluding hydrogens is 281 g/mol. The van der Waals surface area contributed by atoms with Gasteiger partial charge in [-0.05, 0) is 42.8 Å². The van der Waals surface area contributed by atoms with Crippen molar-refractivity contribution in [2.24, 2.45) is 0 Å². The van der Waals surface area contributed by atoms with E-state index in [0.29, 0.717) is 16.8 Å². The molecular formula is C15H13ClFNO2. The molecule has 0 aliphatic heterocycles. The number of nitrogens with two attached hydrogens (primary N) is 1. The monoisotopic (exact) mass is 293 g/mol. The summed E-state index contributed by atoms with van der Waals surface area (Å²) >= 11 is 5.86. The lowest BCUT2D eigenvalue weighted by Crippen LogP contribution is -2.07. The fraction of sp³-hybridized carbons (Fsp3) is 0.133. The second-order valence-corrected chi connectivity index (χ2v) is 4.79. The SMILES string of the molecule is Cc1cc(N)ccc1C(=O)OCc1ccc(F)cc1Cl. The normalized spacial score (nSPS) is 10.3. The molecule has 0 amide bonds. The number of hydrogen-bond donors (Lipinski definition) is 1. The lowest BCUT2D eigenvalue weighted by molar-refractivity contribution is 0.0472. The van der Waals surface area contributed by atoms with Crippen LogP contribution >= 0.6 is 11.6 Å². The van der Waals surface area contributed by atoms with Gasteiger partial charge in [0, 0.05) is 11.3 Å². The van der Waals surface area contributed by atoms with E-state index in [1.165, 1.54) is 18.2 Å². The topological polar surface area (TPSA) is 52.3 Å². The fourth-order valence-electron chi connectivity index (χ4n) is 1.78. The van der Waals surface area contributed by atoms with Gasteiger partial charge in [0.15, 0.2) is 0 Å². The van der Waals surface area contributed by atoms with Gasteiger partial charge in [0.2, 0.25) is 0 Å². The zero-order valence-corrected chi connectivity index (χ0v) is 11.6. The maximum atomic E-state index is 12.9. The number of ether oxygens (including phenoxy) is 1. The number of nitrogen functional groups attached to an aromatic ring is 1. The van der Waals surface area contributed by atoms with Gasteiger partial charge in [-0.25, -0.2) is 9.18 Å². The van der Waals surface area contributed by atoms with Crippen LogP contribution in [0, 0.1) is 12.7 Å². The summed E-state index contributed by atoms with van der Waals surface area (Å²) in [6.07, 6.45) is 0. The first-order chi connectivity index (χ1) is 9.47. The summed E-state index contributed by atoms with van der Waals surface area (Å²) < 4.78 is 18.1. The predicted molar refractivity (Wildman–Crippen MR) is 76.1 cm³/mol. The van der Waals surface area contributed by atoms with Crippen molar-refractivity contribution in [3.63, 3.8) is 0 Å². The highest BCUT2D eigenvalue weighted by atomic mass is 35.5. The van der Waals surface area contributed by atoms with Crippen LogP contribution in [-0.2, 0) is 11.3 Å². The number of carbonyl (C=O) groups excluding carboxylic acids is 1. The van der Waals surface area contributed by atoms with Crippen molar-refractivity contribution in [1.82, 2.24) is 0 Å². The molecule has 0 aliphatic carbocycles. The molecule has 0 saturated heterocycles. The maximum Gasteiger partial charge on any atom is 0.338 e. The molecule has 2 aromatic rings. The van der Waals surface area contributed by atoms with E-state index in [9.17, 15) is 9.18 Å². The Bertz CT molecular complexity index is 658. The lowest BCUT2D eigenvalue weighted by Gasteiger charge is -2.09. The molecule has 0 saturated carbocycles. The number of benzene rings is 2. The van der Waals surface area contributed by atoms with Gasteiger partial charge < -0.3 is 10.5 Å². The largest absolute Gasteiger partial charge is 0.457 e. The average molecular weight is 294 g/mol. The zero-order valence-electron chi connectivity index (χ0n) is 10.8. The van der Waals surface area contributed by atoms with E-state index in [1.54, 1.807) is 25.1 Å². The average Bonchev–Trinajstić information content (AvgIpc) is 2.37. The third-order valence-electron chi connectivity index (χ3n) is 2.84. The zero-order chi connectivity index (χ0) is 14.7. The number of esters is 1. The van der Waals surface area contributed by atoms with Crippen molar-refractivity contribution in [3.8, 4) is 0 Å². The highest BCUT2D eigenvalue weighted by Gasteiger charge is 2.12. The van der Waals surface area contributed by atoms with Crippen LogP contribution in [0.1, 0.15) is 21.5 Å². The Morgan fingerprint density at radius 3 is 2.70 bits per heavy atom. The minimum absolute atomic E-state index is 0.0121. The molecule has 0 aliphatic rings. The Kier molecular flexibility index (Phi) is 4.25. The van der Waals surface area contributed by atoms with Crippen molar-refractivity contribution in [1.29, 1.82) is 0 Å². The number of halogens is 2. The van der Waals surface area contributed by atoms with Crippen LogP contribution in [0.15, 0.2) is 36.4 Å². The summed E-state index contributed by atoms with van der Waals surface area (Å²) in [5.41, 5.74) is 7.93. The van der Waals surface area contributed by atoms with E-state index in [2.05, 4.69) is 0 Å². The Labute approximate surface area is 121 Å². The van der Waals surface area contributed by atoms with Crippen LogP contribution in [0.3, 0.4) is 0 Å². The van der Waals surface area contributed by atoms with Crippen molar-refractivity contribution >= 4 is 23.3 Å². The summed E-state index contributed by atoms with van der Waals surface area (Å²) in [4.78, 5) is 11.9. The fourth-order valence-corrected chi connectivity index (χ4v) is 2.00. The number of carbonyl (C=O) groups is 1.